The average molecular weight is 247 g/mol. The van der Waals surface area contributed by atoms with Crippen molar-refractivity contribution in [2.75, 3.05) is 0 Å². The van der Waals surface area contributed by atoms with E-state index in [1.165, 1.54) is 0 Å². The lowest BCUT2D eigenvalue weighted by molar-refractivity contribution is -0.137. The van der Waals surface area contributed by atoms with Crippen molar-refractivity contribution < 1.29 is 17.6 Å². The van der Waals surface area contributed by atoms with E-state index in [-0.39, 0.29) is 6.54 Å². The molecule has 1 fully saturated rings. The molecule has 94 valence electrons. The Morgan fingerprint density at radius 2 is 1.88 bits per heavy atom. The Bertz CT molecular complexity index is 396. The summed E-state index contributed by atoms with van der Waals surface area (Å²) in [5, 5.41) is 3.11. The number of hydrogen-bond donors (Lipinski definition) is 1. The zero-order valence-electron chi connectivity index (χ0n) is 9.15. The smallest absolute Gasteiger partial charge is 0.310 e. The number of rotatable bonds is 3. The van der Waals surface area contributed by atoms with E-state index in [2.05, 4.69) is 5.32 Å². The minimum absolute atomic E-state index is 0.283. The zero-order valence-corrected chi connectivity index (χ0v) is 9.15. The molecule has 1 N–H and O–H groups in total. The second kappa shape index (κ2) is 4.64. The van der Waals surface area contributed by atoms with E-state index >= 15 is 0 Å². The van der Waals surface area contributed by atoms with Crippen LogP contribution in [0.4, 0.5) is 17.6 Å². The molecule has 0 amide bonds. The molecule has 1 aliphatic rings. The quantitative estimate of drug-likeness (QED) is 0.806. The van der Waals surface area contributed by atoms with Crippen molar-refractivity contribution in [2.24, 2.45) is 0 Å². The Morgan fingerprint density at radius 1 is 1.18 bits per heavy atom. The molecule has 1 aliphatic carbocycles. The van der Waals surface area contributed by atoms with Crippen molar-refractivity contribution in [1.29, 1.82) is 0 Å². The average Bonchev–Trinajstić information content (AvgIpc) is 2.13. The van der Waals surface area contributed by atoms with Crippen molar-refractivity contribution in [1.82, 2.24) is 5.32 Å². The van der Waals surface area contributed by atoms with Crippen LogP contribution < -0.4 is 5.32 Å². The molecule has 1 nitrogen and oxygen atoms in total. The van der Waals surface area contributed by atoms with Crippen LogP contribution in [0.3, 0.4) is 0 Å². The summed E-state index contributed by atoms with van der Waals surface area (Å²) in [5.74, 6) is -0.842. The van der Waals surface area contributed by atoms with Crippen LogP contribution in [-0.4, -0.2) is 6.04 Å². The number of alkyl halides is 3. The highest BCUT2D eigenvalue weighted by Crippen LogP contribution is 2.30. The summed E-state index contributed by atoms with van der Waals surface area (Å²) in [7, 11) is 0. The van der Waals surface area contributed by atoms with Crippen LogP contribution >= 0.6 is 0 Å². The van der Waals surface area contributed by atoms with Crippen molar-refractivity contribution in [3.8, 4) is 0 Å². The Labute approximate surface area is 96.8 Å². The molecule has 5 heteroatoms. The highest BCUT2D eigenvalue weighted by molar-refractivity contribution is 5.26. The second-order valence-corrected chi connectivity index (χ2v) is 4.35. The monoisotopic (exact) mass is 247 g/mol. The molecular formula is C12H13F4N. The van der Waals surface area contributed by atoms with Gasteiger partial charge in [-0.2, -0.15) is 13.2 Å². The van der Waals surface area contributed by atoms with Crippen molar-refractivity contribution in [3.63, 3.8) is 0 Å². The van der Waals surface area contributed by atoms with Crippen LogP contribution in [0.25, 0.3) is 0 Å². The third-order valence-corrected chi connectivity index (χ3v) is 2.98. The summed E-state index contributed by atoms with van der Waals surface area (Å²) in [6, 6.07) is 3.02. The Morgan fingerprint density at radius 3 is 2.41 bits per heavy atom. The van der Waals surface area contributed by atoms with Gasteiger partial charge in [-0.1, -0.05) is 6.42 Å². The Kier molecular flexibility index (Phi) is 3.38. The van der Waals surface area contributed by atoms with E-state index in [1.54, 1.807) is 0 Å². The molecule has 2 rings (SSSR count). The molecule has 0 spiro atoms. The SMILES string of the molecule is Fc1cc(CNC2CCC2)cc(C(F)(F)F)c1. The van der Waals surface area contributed by atoms with Crippen LogP contribution in [0, 0.1) is 5.82 Å². The van der Waals surface area contributed by atoms with Gasteiger partial charge < -0.3 is 5.32 Å². The van der Waals surface area contributed by atoms with Gasteiger partial charge in [0.2, 0.25) is 0 Å². The van der Waals surface area contributed by atoms with Crippen molar-refractivity contribution >= 4 is 0 Å². The van der Waals surface area contributed by atoms with E-state index in [0.717, 1.165) is 31.4 Å². The van der Waals surface area contributed by atoms with Gasteiger partial charge >= 0.3 is 6.18 Å². The van der Waals surface area contributed by atoms with Crippen LogP contribution in [-0.2, 0) is 12.7 Å². The summed E-state index contributed by atoms with van der Waals surface area (Å²) in [4.78, 5) is 0. The number of hydrogen-bond acceptors (Lipinski definition) is 1. The van der Waals surface area contributed by atoms with Crippen LogP contribution in [0.15, 0.2) is 18.2 Å². The van der Waals surface area contributed by atoms with E-state index in [9.17, 15) is 17.6 Å². The first-order chi connectivity index (χ1) is 7.95. The van der Waals surface area contributed by atoms with Gasteiger partial charge in [0.25, 0.3) is 0 Å². The van der Waals surface area contributed by atoms with Gasteiger partial charge in [-0.3, -0.25) is 0 Å². The minimum Gasteiger partial charge on any atom is -0.310 e. The molecule has 0 heterocycles. The van der Waals surface area contributed by atoms with Gasteiger partial charge in [-0.25, -0.2) is 4.39 Å². The first kappa shape index (κ1) is 12.4. The largest absolute Gasteiger partial charge is 0.416 e. The number of halogens is 4. The van der Waals surface area contributed by atoms with Crippen LogP contribution in [0.2, 0.25) is 0 Å². The molecule has 0 atom stereocenters. The lowest BCUT2D eigenvalue weighted by Crippen LogP contribution is -2.34. The molecule has 0 saturated heterocycles. The molecule has 1 aromatic carbocycles. The molecule has 0 aliphatic heterocycles. The highest BCUT2D eigenvalue weighted by atomic mass is 19.4. The molecular weight excluding hydrogens is 234 g/mol. The van der Waals surface area contributed by atoms with E-state index in [0.29, 0.717) is 17.7 Å². The van der Waals surface area contributed by atoms with Gasteiger partial charge in [-0.15, -0.1) is 0 Å². The third kappa shape index (κ3) is 3.19. The fraction of sp³-hybridized carbons (Fsp3) is 0.500. The minimum atomic E-state index is -4.49. The first-order valence-electron chi connectivity index (χ1n) is 5.55. The fourth-order valence-electron chi connectivity index (χ4n) is 1.79. The maximum Gasteiger partial charge on any atom is 0.416 e. The number of benzene rings is 1. The van der Waals surface area contributed by atoms with Gasteiger partial charge in [0.05, 0.1) is 5.56 Å². The third-order valence-electron chi connectivity index (χ3n) is 2.98. The topological polar surface area (TPSA) is 12.0 Å². The van der Waals surface area contributed by atoms with Crippen molar-refractivity contribution in [3.05, 3.63) is 35.1 Å². The molecule has 0 unspecified atom stereocenters. The lowest BCUT2D eigenvalue weighted by atomic mass is 9.93. The van der Waals surface area contributed by atoms with Gasteiger partial charge in [0, 0.05) is 12.6 Å². The van der Waals surface area contributed by atoms with Crippen LogP contribution in [0.1, 0.15) is 30.4 Å². The molecule has 1 saturated carbocycles. The van der Waals surface area contributed by atoms with Gasteiger partial charge in [-0.05, 0) is 36.6 Å². The maximum atomic E-state index is 13.1. The summed E-state index contributed by atoms with van der Waals surface area (Å²) in [5.41, 5.74) is -0.591. The molecule has 0 radical (unpaired) electrons. The van der Waals surface area contributed by atoms with E-state index in [4.69, 9.17) is 0 Å². The highest BCUT2D eigenvalue weighted by Gasteiger charge is 2.31. The molecule has 17 heavy (non-hydrogen) atoms. The molecule has 1 aromatic rings. The van der Waals surface area contributed by atoms with Gasteiger partial charge in [0.15, 0.2) is 0 Å². The predicted molar refractivity (Wildman–Crippen MR) is 55.9 cm³/mol. The first-order valence-corrected chi connectivity index (χ1v) is 5.55. The summed E-state index contributed by atoms with van der Waals surface area (Å²) >= 11 is 0. The Hall–Kier alpha value is -1.10. The van der Waals surface area contributed by atoms with Crippen LogP contribution in [0.5, 0.6) is 0 Å². The Balaban J connectivity index is 2.08. The summed E-state index contributed by atoms with van der Waals surface area (Å²) in [6.07, 6.45) is -1.26. The van der Waals surface area contributed by atoms with Crippen molar-refractivity contribution in [2.45, 2.75) is 38.0 Å². The van der Waals surface area contributed by atoms with E-state index < -0.39 is 17.6 Å². The zero-order chi connectivity index (χ0) is 12.5. The normalized spacial score (nSPS) is 16.9. The molecule has 0 aromatic heterocycles. The lowest BCUT2D eigenvalue weighted by Gasteiger charge is -2.26. The van der Waals surface area contributed by atoms with Gasteiger partial charge in [0.1, 0.15) is 5.82 Å². The van der Waals surface area contributed by atoms with E-state index in [1.807, 2.05) is 0 Å². The molecule has 0 bridgehead atoms. The number of nitrogens with one attached hydrogen (secondary N) is 1. The standard InChI is InChI=1S/C12H13F4N/c13-10-5-8(7-17-11-2-1-3-11)4-9(6-10)12(14,15)16/h4-6,11,17H,1-3,7H2. The second-order valence-electron chi connectivity index (χ2n) is 4.35. The summed E-state index contributed by atoms with van der Waals surface area (Å²) in [6.45, 7) is 0.283. The predicted octanol–water partition coefficient (Wildman–Crippen LogP) is 3.49. The fourth-order valence-corrected chi connectivity index (χ4v) is 1.79. The summed E-state index contributed by atoms with van der Waals surface area (Å²) < 4.78 is 50.4. The maximum absolute atomic E-state index is 13.1.